The van der Waals surface area contributed by atoms with Crippen LogP contribution in [0.15, 0.2) is 35.5 Å². The summed E-state index contributed by atoms with van der Waals surface area (Å²) in [6.45, 7) is 1.63. The van der Waals surface area contributed by atoms with E-state index in [1.807, 2.05) is 37.4 Å². The van der Waals surface area contributed by atoms with Crippen LogP contribution >= 0.6 is 0 Å². The molecule has 4 rings (SSSR count). The van der Waals surface area contributed by atoms with Gasteiger partial charge in [-0.05, 0) is 53.9 Å². The Balaban J connectivity index is 1.86. The van der Waals surface area contributed by atoms with E-state index in [2.05, 4.69) is 15.4 Å². The summed E-state index contributed by atoms with van der Waals surface area (Å²) in [5.74, 6) is -0.439. The Morgan fingerprint density at radius 1 is 1.18 bits per heavy atom. The summed E-state index contributed by atoms with van der Waals surface area (Å²) in [7, 11) is 5.49. The van der Waals surface area contributed by atoms with Crippen LogP contribution in [0.25, 0.3) is 11.1 Å². The minimum absolute atomic E-state index is 0.0340. The predicted octanol–water partition coefficient (Wildman–Crippen LogP) is 2.17. The van der Waals surface area contributed by atoms with Crippen LogP contribution in [0, 0.1) is 0 Å². The summed E-state index contributed by atoms with van der Waals surface area (Å²) >= 11 is 0. The highest BCUT2D eigenvalue weighted by atomic mass is 16.4. The quantitative estimate of drug-likeness (QED) is 0.620. The molecule has 0 unspecified atom stereocenters. The summed E-state index contributed by atoms with van der Waals surface area (Å²) in [5, 5.41) is 15.4. The molecule has 0 radical (unpaired) electrons. The van der Waals surface area contributed by atoms with Gasteiger partial charge in [-0.25, -0.2) is 0 Å². The zero-order valence-electron chi connectivity index (χ0n) is 16.1. The lowest BCUT2D eigenvalue weighted by molar-refractivity contribution is -0.110. The maximum Gasteiger partial charge on any atom is 0.278 e. The number of amides is 2. The lowest BCUT2D eigenvalue weighted by atomic mass is 9.87. The number of oxime groups is 1. The van der Waals surface area contributed by atoms with Crippen molar-refractivity contribution in [2.45, 2.75) is 13.0 Å². The van der Waals surface area contributed by atoms with E-state index in [9.17, 15) is 14.8 Å². The van der Waals surface area contributed by atoms with Crippen LogP contribution in [0.1, 0.15) is 27.0 Å². The smallest absolute Gasteiger partial charge is 0.278 e. The molecule has 28 heavy (non-hydrogen) atoms. The number of nitrogens with zero attached hydrogens (tertiary/aromatic N) is 3. The van der Waals surface area contributed by atoms with E-state index in [0.29, 0.717) is 17.7 Å². The van der Waals surface area contributed by atoms with Crippen molar-refractivity contribution < 1.29 is 14.8 Å². The van der Waals surface area contributed by atoms with Crippen molar-refractivity contribution >= 4 is 23.2 Å². The van der Waals surface area contributed by atoms with Gasteiger partial charge in [-0.15, -0.1) is 0 Å². The number of hydrogen-bond donors (Lipinski definition) is 2. The van der Waals surface area contributed by atoms with Gasteiger partial charge in [0, 0.05) is 38.3 Å². The third-order valence-electron chi connectivity index (χ3n) is 5.38. The number of fused-ring (bicyclic) bond motifs is 3. The first kappa shape index (κ1) is 18.2. The number of nitrogens with one attached hydrogen (secondary N) is 1. The molecule has 2 aliphatic rings. The van der Waals surface area contributed by atoms with Crippen molar-refractivity contribution in [1.82, 2.24) is 9.80 Å². The number of anilines is 1. The molecular formula is C21H22N4O3. The van der Waals surface area contributed by atoms with E-state index in [4.69, 9.17) is 0 Å². The Hall–Kier alpha value is -3.19. The lowest BCUT2D eigenvalue weighted by Crippen LogP contribution is -2.27. The third-order valence-corrected chi connectivity index (χ3v) is 5.38. The molecule has 144 valence electrons. The highest BCUT2D eigenvalue weighted by Crippen LogP contribution is 2.40. The van der Waals surface area contributed by atoms with Gasteiger partial charge in [0.2, 0.25) is 0 Å². The Morgan fingerprint density at radius 2 is 1.89 bits per heavy atom. The van der Waals surface area contributed by atoms with Crippen molar-refractivity contribution in [3.05, 3.63) is 52.6 Å². The maximum atomic E-state index is 12.2. The second-order valence-corrected chi connectivity index (χ2v) is 7.47. The largest absolute Gasteiger partial charge is 0.410 e. The molecule has 2 aromatic carbocycles. The van der Waals surface area contributed by atoms with E-state index in [-0.39, 0.29) is 11.6 Å². The third kappa shape index (κ3) is 2.84. The SMILES string of the molecule is CN1CCc2c(-c3ccc(C(=O)N(C)C)cc3)cc3c(c2C1)NC(=O)/C3=N/O. The van der Waals surface area contributed by atoms with Crippen LogP contribution in [0.2, 0.25) is 0 Å². The standard InChI is InChI=1S/C21H22N4O3/c1-24(2)21(27)13-6-4-12(5-7-13)15-10-16-18(22-20(26)19(16)23-28)17-11-25(3)9-8-14(15)17/h4-7,10,28H,8-9,11H2,1-3H3,(H,22,23,26). The molecule has 0 aromatic heterocycles. The fraction of sp³-hybridized carbons (Fsp3) is 0.286. The minimum Gasteiger partial charge on any atom is -0.410 e. The number of benzene rings is 2. The van der Waals surface area contributed by atoms with Crippen LogP contribution in [-0.4, -0.2) is 60.2 Å². The fourth-order valence-corrected chi connectivity index (χ4v) is 3.92. The van der Waals surface area contributed by atoms with Crippen LogP contribution < -0.4 is 5.32 Å². The average Bonchev–Trinajstić information content (AvgIpc) is 3.02. The molecule has 2 aliphatic heterocycles. The van der Waals surface area contributed by atoms with Crippen LogP contribution in [0.4, 0.5) is 5.69 Å². The summed E-state index contributed by atoms with van der Waals surface area (Å²) < 4.78 is 0. The number of carbonyl (C=O) groups is 2. The van der Waals surface area contributed by atoms with E-state index in [0.717, 1.165) is 35.3 Å². The minimum atomic E-state index is -0.392. The summed E-state index contributed by atoms with van der Waals surface area (Å²) in [4.78, 5) is 28.1. The number of likely N-dealkylation sites (N-methyl/N-ethyl adjacent to an activating group) is 1. The second kappa shape index (κ2) is 6.76. The van der Waals surface area contributed by atoms with Crippen LogP contribution in [0.3, 0.4) is 0 Å². The predicted molar refractivity (Wildman–Crippen MR) is 107 cm³/mol. The topological polar surface area (TPSA) is 85.2 Å². The lowest BCUT2D eigenvalue weighted by Gasteiger charge is -2.29. The monoisotopic (exact) mass is 378 g/mol. The molecule has 7 heteroatoms. The van der Waals surface area contributed by atoms with Gasteiger partial charge in [-0.2, -0.15) is 0 Å². The zero-order valence-corrected chi connectivity index (χ0v) is 16.1. The van der Waals surface area contributed by atoms with Crippen LogP contribution in [0.5, 0.6) is 0 Å². The molecule has 2 amide bonds. The zero-order chi connectivity index (χ0) is 20.0. The number of hydrogen-bond acceptors (Lipinski definition) is 5. The summed E-state index contributed by atoms with van der Waals surface area (Å²) in [5.41, 5.74) is 6.22. The Labute approximate surface area is 163 Å². The molecule has 7 nitrogen and oxygen atoms in total. The Kier molecular flexibility index (Phi) is 4.39. The summed E-state index contributed by atoms with van der Waals surface area (Å²) in [6.07, 6.45) is 0.855. The molecule has 2 heterocycles. The van der Waals surface area contributed by atoms with Crippen LogP contribution in [-0.2, 0) is 17.8 Å². The first-order valence-electron chi connectivity index (χ1n) is 9.14. The molecule has 2 aromatic rings. The molecule has 0 aliphatic carbocycles. The fourth-order valence-electron chi connectivity index (χ4n) is 3.92. The van der Waals surface area contributed by atoms with Crippen molar-refractivity contribution in [3.63, 3.8) is 0 Å². The van der Waals surface area contributed by atoms with Gasteiger partial charge in [0.1, 0.15) is 0 Å². The summed E-state index contributed by atoms with van der Waals surface area (Å²) in [6, 6.07) is 9.40. The Morgan fingerprint density at radius 3 is 2.54 bits per heavy atom. The number of rotatable bonds is 2. The number of carbonyl (C=O) groups excluding carboxylic acids is 2. The van der Waals surface area contributed by atoms with E-state index < -0.39 is 5.91 Å². The molecular weight excluding hydrogens is 356 g/mol. The molecule has 0 fully saturated rings. The van der Waals surface area contributed by atoms with E-state index >= 15 is 0 Å². The van der Waals surface area contributed by atoms with Gasteiger partial charge in [-0.1, -0.05) is 17.3 Å². The molecule has 0 saturated heterocycles. The van der Waals surface area contributed by atoms with E-state index in [1.165, 1.54) is 5.56 Å². The van der Waals surface area contributed by atoms with Crippen molar-refractivity contribution in [2.75, 3.05) is 33.0 Å². The van der Waals surface area contributed by atoms with Gasteiger partial charge in [0.05, 0.1) is 5.69 Å². The van der Waals surface area contributed by atoms with Crippen molar-refractivity contribution in [3.8, 4) is 11.1 Å². The van der Waals surface area contributed by atoms with Gasteiger partial charge in [-0.3, -0.25) is 9.59 Å². The highest BCUT2D eigenvalue weighted by molar-refractivity contribution is 6.54. The molecule has 2 N–H and O–H groups in total. The molecule has 0 spiro atoms. The molecule has 0 saturated carbocycles. The highest BCUT2D eigenvalue weighted by Gasteiger charge is 2.33. The first-order chi connectivity index (χ1) is 13.4. The average molecular weight is 378 g/mol. The normalized spacial score (nSPS) is 17.2. The Bertz CT molecular complexity index is 1010. The molecule has 0 atom stereocenters. The van der Waals surface area contributed by atoms with Crippen molar-refractivity contribution in [1.29, 1.82) is 0 Å². The second-order valence-electron chi connectivity index (χ2n) is 7.47. The van der Waals surface area contributed by atoms with Gasteiger partial charge in [0.15, 0.2) is 5.71 Å². The van der Waals surface area contributed by atoms with Gasteiger partial charge in [0.25, 0.3) is 11.8 Å². The maximum absolute atomic E-state index is 12.2. The van der Waals surface area contributed by atoms with Crippen molar-refractivity contribution in [2.24, 2.45) is 5.16 Å². The molecule has 0 bridgehead atoms. The first-order valence-corrected chi connectivity index (χ1v) is 9.14. The van der Waals surface area contributed by atoms with E-state index in [1.54, 1.807) is 19.0 Å². The van der Waals surface area contributed by atoms with Gasteiger partial charge >= 0.3 is 0 Å². The van der Waals surface area contributed by atoms with Gasteiger partial charge < -0.3 is 20.3 Å².